The molecule has 10 N–H and O–H groups in total. The number of phosphoric acid groups is 3. The number of carbonyl (C=O) groups excluding carboxylic acids is 3. The summed E-state index contributed by atoms with van der Waals surface area (Å²) in [6.07, 6.45) is 10.8. The quantitative estimate of drug-likeness (QED) is 0.0308. The van der Waals surface area contributed by atoms with Crippen molar-refractivity contribution in [1.82, 2.24) is 30.2 Å². The number of aromatic nitrogens is 4. The van der Waals surface area contributed by atoms with Crippen molar-refractivity contribution in [3.8, 4) is 0 Å². The van der Waals surface area contributed by atoms with Gasteiger partial charge in [0.15, 0.2) is 22.8 Å². The summed E-state index contributed by atoms with van der Waals surface area (Å²) in [5.74, 6) is -1.11. The molecule has 1 aliphatic heterocycles. The minimum Gasteiger partial charge on any atom is -0.386 e. The molecular weight excluding hydrogens is 927 g/mol. The van der Waals surface area contributed by atoms with Gasteiger partial charge in [0.25, 0.3) is 0 Å². The maximum Gasteiger partial charge on any atom is 0.481 e. The highest BCUT2D eigenvalue weighted by molar-refractivity contribution is 8.13. The number of nitrogen functional groups attached to an aromatic ring is 1. The lowest BCUT2D eigenvalue weighted by atomic mass is 9.87. The predicted octanol–water partition coefficient (Wildman–Crippen LogP) is 3.31. The van der Waals surface area contributed by atoms with Crippen LogP contribution in [0.3, 0.4) is 0 Å². The number of anilines is 1. The number of thioether (sulfide) groups is 1. The second-order valence-corrected chi connectivity index (χ2v) is 20.6. The number of unbranched alkanes of at least 4 members (excludes halogenated alkanes) is 7. The molecule has 28 heteroatoms. The van der Waals surface area contributed by atoms with Crippen molar-refractivity contribution >= 4 is 69.1 Å². The fourth-order valence-electron chi connectivity index (χ4n) is 5.99. The largest absolute Gasteiger partial charge is 0.481 e. The molecule has 0 radical (unpaired) electrons. The predicted molar refractivity (Wildman–Crippen MR) is 233 cm³/mol. The van der Waals surface area contributed by atoms with Gasteiger partial charge in [0, 0.05) is 37.1 Å². The lowest BCUT2D eigenvalue weighted by Crippen LogP contribution is -2.46. The Morgan fingerprint density at radius 1 is 0.969 bits per heavy atom. The monoisotopic (exact) mass is 987 g/mol. The third kappa shape index (κ3) is 19.5. The fraction of sp³-hybridized carbons (Fsp3) is 0.667. The average molecular weight is 988 g/mol. The molecule has 1 fully saturated rings. The molecule has 0 spiro atoms. The number of rotatable bonds is 30. The van der Waals surface area contributed by atoms with Gasteiger partial charge in [-0.3, -0.25) is 32.5 Å². The summed E-state index contributed by atoms with van der Waals surface area (Å²) in [4.78, 5) is 88.1. The van der Waals surface area contributed by atoms with Crippen LogP contribution in [-0.2, 0) is 50.7 Å². The normalized spacial score (nSPS) is 20.7. The first kappa shape index (κ1) is 55.4. The third-order valence-corrected chi connectivity index (χ3v) is 13.4. The maximum atomic E-state index is 12.7. The number of nitrogens with zero attached hydrogens (tertiary/aromatic N) is 4. The first-order valence-corrected chi connectivity index (χ1v) is 25.9. The zero-order valence-electron chi connectivity index (χ0n) is 35.7. The maximum absolute atomic E-state index is 12.7. The van der Waals surface area contributed by atoms with Gasteiger partial charge in [-0.2, -0.15) is 4.31 Å². The minimum atomic E-state index is -5.58. The number of aliphatic hydroxyl groups excluding tert-OH is 2. The van der Waals surface area contributed by atoms with Crippen LogP contribution in [0.25, 0.3) is 11.2 Å². The Hall–Kier alpha value is -2.96. The van der Waals surface area contributed by atoms with E-state index in [2.05, 4.69) is 47.4 Å². The van der Waals surface area contributed by atoms with Gasteiger partial charge in [-0.05, 0) is 12.8 Å². The molecule has 1 aliphatic rings. The Morgan fingerprint density at radius 3 is 2.34 bits per heavy atom. The number of fused-ring (bicyclic) bond motifs is 1. The van der Waals surface area contributed by atoms with Gasteiger partial charge in [0.05, 0.1) is 19.5 Å². The highest BCUT2D eigenvalue weighted by atomic mass is 32.2. The van der Waals surface area contributed by atoms with Gasteiger partial charge in [0.1, 0.15) is 36.3 Å². The molecule has 24 nitrogen and oxygen atoms in total. The minimum absolute atomic E-state index is 0.0310. The Labute approximate surface area is 374 Å². The lowest BCUT2D eigenvalue weighted by Gasteiger charge is -2.30. The molecule has 2 aromatic rings. The van der Waals surface area contributed by atoms with Crippen LogP contribution in [0, 0.1) is 5.41 Å². The molecule has 1 saturated heterocycles. The summed E-state index contributed by atoms with van der Waals surface area (Å²) in [6, 6.07) is 0. The molecule has 7 atom stereocenters. The molecule has 0 saturated carbocycles. The second-order valence-electron chi connectivity index (χ2n) is 15.3. The Bertz CT molecular complexity index is 2040. The van der Waals surface area contributed by atoms with Crippen molar-refractivity contribution in [1.29, 1.82) is 0 Å². The van der Waals surface area contributed by atoms with Crippen molar-refractivity contribution in [2.75, 3.05) is 37.8 Å². The Kier molecular flexibility index (Phi) is 22.8. The molecule has 0 aromatic carbocycles. The molecule has 7 unspecified atom stereocenters. The van der Waals surface area contributed by atoms with E-state index < -0.39 is 84.6 Å². The standard InChI is InChI=1S/C36H60N7O17P3S/c1-4-5-6-7-8-9-10-11-12-13-14-15-16-27(45)64-20-19-38-26(44)17-18-39-34(48)31(47)36(2,3)22-57-63(54,55)60-62(52,53)56-21-25-30(59-61(49,50)51)29(46)35(58-25)43-24-42-28-32(37)40-23-41-33(28)43/h12-15,23-25,29-31,35,46-47H,4-11,16-22H2,1-3H3,(H,38,44)(H,39,48)(H,52,53)(H,54,55)(H2,37,40,41)(H2,49,50,51)/b13-12+,15-14+. The van der Waals surface area contributed by atoms with Crippen LogP contribution < -0.4 is 16.4 Å². The average Bonchev–Trinajstić information content (AvgIpc) is 3.78. The van der Waals surface area contributed by atoms with Crippen LogP contribution in [0.5, 0.6) is 0 Å². The number of amides is 2. The Balaban J connectivity index is 1.36. The number of allylic oxidation sites excluding steroid dienone is 4. The third-order valence-electron chi connectivity index (χ3n) is 9.41. The summed E-state index contributed by atoms with van der Waals surface area (Å²) in [5, 5.41) is 26.5. The zero-order valence-corrected chi connectivity index (χ0v) is 39.2. The summed E-state index contributed by atoms with van der Waals surface area (Å²) in [6.45, 7) is 2.70. The number of phosphoric ester groups is 3. The molecule has 2 aromatic heterocycles. The van der Waals surface area contributed by atoms with Crippen molar-refractivity contribution in [2.45, 2.75) is 116 Å². The van der Waals surface area contributed by atoms with Crippen molar-refractivity contribution in [2.24, 2.45) is 5.41 Å². The molecule has 0 bridgehead atoms. The first-order valence-electron chi connectivity index (χ1n) is 20.4. The van der Waals surface area contributed by atoms with Gasteiger partial charge in [-0.15, -0.1) is 0 Å². The van der Waals surface area contributed by atoms with E-state index in [-0.39, 0.29) is 48.0 Å². The van der Waals surface area contributed by atoms with Crippen molar-refractivity contribution < 1.29 is 80.5 Å². The van der Waals surface area contributed by atoms with E-state index in [0.717, 1.165) is 41.8 Å². The van der Waals surface area contributed by atoms with Gasteiger partial charge in [-0.25, -0.2) is 28.6 Å². The number of carbonyl (C=O) groups is 3. The summed E-state index contributed by atoms with van der Waals surface area (Å²) in [7, 11) is -16.4. The lowest BCUT2D eigenvalue weighted by molar-refractivity contribution is -0.137. The van der Waals surface area contributed by atoms with E-state index in [1.165, 1.54) is 52.4 Å². The zero-order chi connectivity index (χ0) is 47.6. The smallest absolute Gasteiger partial charge is 0.386 e. The SMILES string of the molecule is CCCCCCCCC/C=C/C=C/CC(=O)SCCNC(=O)CCNC(=O)C(O)C(C)(C)COP(=O)(O)OP(=O)(O)OCC1OC(n2cnc3c(N)ncnc32)C(O)C1OP(=O)(O)O. The highest BCUT2D eigenvalue weighted by Crippen LogP contribution is 2.61. The molecule has 64 heavy (non-hydrogen) atoms. The van der Waals surface area contributed by atoms with Crippen LogP contribution in [0.4, 0.5) is 5.82 Å². The van der Waals surface area contributed by atoms with Crippen molar-refractivity contribution in [3.63, 3.8) is 0 Å². The number of imidazole rings is 1. The van der Waals surface area contributed by atoms with E-state index in [4.69, 9.17) is 19.5 Å². The van der Waals surface area contributed by atoms with E-state index >= 15 is 0 Å². The molecule has 0 aliphatic carbocycles. The number of hydrogen-bond acceptors (Lipinski definition) is 18. The van der Waals surface area contributed by atoms with Gasteiger partial charge < -0.3 is 50.9 Å². The van der Waals surface area contributed by atoms with E-state index in [0.29, 0.717) is 5.75 Å². The van der Waals surface area contributed by atoms with Gasteiger partial charge in [-0.1, -0.05) is 95.4 Å². The van der Waals surface area contributed by atoms with E-state index in [1.807, 2.05) is 12.2 Å². The van der Waals surface area contributed by atoms with E-state index in [9.17, 15) is 57.9 Å². The number of hydrogen-bond donors (Lipinski definition) is 9. The number of nitrogens with one attached hydrogen (secondary N) is 2. The molecule has 2 amide bonds. The highest BCUT2D eigenvalue weighted by Gasteiger charge is 2.50. The summed E-state index contributed by atoms with van der Waals surface area (Å²) in [5.41, 5.74) is 4.27. The summed E-state index contributed by atoms with van der Waals surface area (Å²) < 4.78 is 62.3. The molecule has 3 rings (SSSR count). The first-order chi connectivity index (χ1) is 30.1. The van der Waals surface area contributed by atoms with Crippen LogP contribution in [0.2, 0.25) is 0 Å². The van der Waals surface area contributed by atoms with Crippen LogP contribution in [-0.4, -0.2) is 123 Å². The van der Waals surface area contributed by atoms with Gasteiger partial charge >= 0.3 is 23.5 Å². The van der Waals surface area contributed by atoms with Crippen LogP contribution in [0.15, 0.2) is 37.0 Å². The topological polar surface area (TPSA) is 364 Å². The van der Waals surface area contributed by atoms with Crippen LogP contribution >= 0.6 is 35.2 Å². The summed E-state index contributed by atoms with van der Waals surface area (Å²) >= 11 is 1.08. The molecular formula is C36H60N7O17P3S. The molecule has 362 valence electrons. The van der Waals surface area contributed by atoms with Gasteiger partial charge in [0.2, 0.25) is 11.8 Å². The van der Waals surface area contributed by atoms with Crippen LogP contribution in [0.1, 0.15) is 91.2 Å². The van der Waals surface area contributed by atoms with Crippen molar-refractivity contribution in [3.05, 3.63) is 37.0 Å². The Morgan fingerprint density at radius 2 is 1.64 bits per heavy atom. The fourth-order valence-corrected chi connectivity index (χ4v) is 9.47. The molecule has 3 heterocycles. The number of nitrogens with two attached hydrogens (primary N) is 1. The number of ether oxygens (including phenoxy) is 1. The van der Waals surface area contributed by atoms with E-state index in [1.54, 1.807) is 6.08 Å². The number of aliphatic hydroxyl groups is 2. The second kappa shape index (κ2) is 26.4.